The molecule has 19 heavy (non-hydrogen) atoms. The molecule has 0 amide bonds. The molecule has 110 valence electrons. The minimum Gasteiger partial charge on any atom is -0.370 e. The summed E-state index contributed by atoms with van der Waals surface area (Å²) < 4.78 is 0. The van der Waals surface area contributed by atoms with Gasteiger partial charge in [0.15, 0.2) is 5.96 Å². The molecule has 2 aliphatic rings. The van der Waals surface area contributed by atoms with E-state index in [1.165, 1.54) is 45.3 Å². The summed E-state index contributed by atoms with van der Waals surface area (Å²) in [5.74, 6) is 2.33. The molecule has 0 bridgehead atoms. The van der Waals surface area contributed by atoms with Crippen LogP contribution in [0.25, 0.3) is 0 Å². The van der Waals surface area contributed by atoms with Gasteiger partial charge in [-0.1, -0.05) is 13.8 Å². The first-order chi connectivity index (χ1) is 9.19. The van der Waals surface area contributed by atoms with Gasteiger partial charge in [-0.25, -0.2) is 0 Å². The molecule has 2 aliphatic heterocycles. The maximum atomic E-state index is 6.14. The number of nitrogens with two attached hydrogens (primary N) is 1. The quantitative estimate of drug-likeness (QED) is 0.625. The van der Waals surface area contributed by atoms with Crippen molar-refractivity contribution in [3.63, 3.8) is 0 Å². The first-order valence-corrected chi connectivity index (χ1v) is 7.96. The summed E-state index contributed by atoms with van der Waals surface area (Å²) >= 11 is 0. The van der Waals surface area contributed by atoms with E-state index in [0.29, 0.717) is 5.92 Å². The zero-order valence-corrected chi connectivity index (χ0v) is 12.6. The molecule has 0 saturated carbocycles. The number of guanidine groups is 1. The Morgan fingerprint density at radius 3 is 2.63 bits per heavy atom. The highest BCUT2D eigenvalue weighted by molar-refractivity contribution is 5.78. The van der Waals surface area contributed by atoms with Crippen molar-refractivity contribution in [1.29, 1.82) is 0 Å². The molecule has 2 N–H and O–H groups in total. The lowest BCUT2D eigenvalue weighted by molar-refractivity contribution is 0.186. The second-order valence-corrected chi connectivity index (χ2v) is 6.27. The van der Waals surface area contributed by atoms with Crippen molar-refractivity contribution >= 4 is 5.96 Å². The van der Waals surface area contributed by atoms with E-state index in [4.69, 9.17) is 5.73 Å². The highest BCUT2D eigenvalue weighted by Crippen LogP contribution is 2.18. The van der Waals surface area contributed by atoms with E-state index < -0.39 is 0 Å². The Labute approximate surface area is 118 Å². The van der Waals surface area contributed by atoms with E-state index >= 15 is 0 Å². The van der Waals surface area contributed by atoms with Crippen LogP contribution in [0.4, 0.5) is 0 Å². The van der Waals surface area contributed by atoms with Gasteiger partial charge in [0.25, 0.3) is 0 Å². The second kappa shape index (κ2) is 7.13. The molecule has 0 aromatic rings. The number of aliphatic imine (C=N–C) groups is 1. The molecule has 4 nitrogen and oxygen atoms in total. The van der Waals surface area contributed by atoms with E-state index in [1.807, 2.05) is 0 Å². The number of rotatable bonds is 3. The molecule has 0 aromatic carbocycles. The van der Waals surface area contributed by atoms with Crippen LogP contribution >= 0.6 is 0 Å². The first kappa shape index (κ1) is 14.6. The maximum Gasteiger partial charge on any atom is 0.191 e. The standard InChI is InChI=1S/C15H30N4/c1-3-18-8-4-5-14(12-18)11-17-15(16)19-9-6-13(2)7-10-19/h13-14H,3-12H2,1-2H3,(H2,16,17). The van der Waals surface area contributed by atoms with Gasteiger partial charge in [-0.15, -0.1) is 0 Å². The predicted molar refractivity (Wildman–Crippen MR) is 81.3 cm³/mol. The Morgan fingerprint density at radius 2 is 1.95 bits per heavy atom. The number of piperidine rings is 2. The van der Waals surface area contributed by atoms with Gasteiger partial charge >= 0.3 is 0 Å². The summed E-state index contributed by atoms with van der Waals surface area (Å²) in [5.41, 5.74) is 6.14. The Bertz CT molecular complexity index is 295. The van der Waals surface area contributed by atoms with E-state index in [2.05, 4.69) is 28.6 Å². The van der Waals surface area contributed by atoms with Crippen molar-refractivity contribution in [2.45, 2.75) is 39.5 Å². The lowest BCUT2D eigenvalue weighted by Gasteiger charge is -2.33. The van der Waals surface area contributed by atoms with Gasteiger partial charge in [-0.3, -0.25) is 4.99 Å². The molecule has 0 aliphatic carbocycles. The monoisotopic (exact) mass is 266 g/mol. The van der Waals surface area contributed by atoms with Crippen molar-refractivity contribution in [3.05, 3.63) is 0 Å². The maximum absolute atomic E-state index is 6.14. The third-order valence-corrected chi connectivity index (χ3v) is 4.67. The van der Waals surface area contributed by atoms with Crippen molar-refractivity contribution < 1.29 is 0 Å². The molecule has 2 rings (SSSR count). The SMILES string of the molecule is CCN1CCCC(CN=C(N)N2CCC(C)CC2)C1. The molecule has 1 atom stereocenters. The molecule has 4 heteroatoms. The van der Waals surface area contributed by atoms with Crippen LogP contribution in [0.3, 0.4) is 0 Å². The summed E-state index contributed by atoms with van der Waals surface area (Å²) in [6.07, 6.45) is 5.13. The Hall–Kier alpha value is -0.770. The summed E-state index contributed by atoms with van der Waals surface area (Å²) in [4.78, 5) is 9.45. The smallest absolute Gasteiger partial charge is 0.191 e. The van der Waals surface area contributed by atoms with Crippen LogP contribution < -0.4 is 5.73 Å². The molecule has 2 fully saturated rings. The summed E-state index contributed by atoms with van der Waals surface area (Å²) in [6, 6.07) is 0. The highest BCUT2D eigenvalue weighted by Gasteiger charge is 2.20. The minimum absolute atomic E-state index is 0.705. The molecule has 2 saturated heterocycles. The summed E-state index contributed by atoms with van der Waals surface area (Å²) in [5, 5.41) is 0. The number of hydrogen-bond donors (Lipinski definition) is 1. The van der Waals surface area contributed by atoms with Crippen LogP contribution in [0.15, 0.2) is 4.99 Å². The fraction of sp³-hybridized carbons (Fsp3) is 0.933. The van der Waals surface area contributed by atoms with Gasteiger partial charge < -0.3 is 15.5 Å². The lowest BCUT2D eigenvalue weighted by Crippen LogP contribution is -2.43. The van der Waals surface area contributed by atoms with E-state index in [9.17, 15) is 0 Å². The molecular weight excluding hydrogens is 236 g/mol. The highest BCUT2D eigenvalue weighted by atomic mass is 15.3. The van der Waals surface area contributed by atoms with Crippen LogP contribution in [0.5, 0.6) is 0 Å². The lowest BCUT2D eigenvalue weighted by atomic mass is 9.98. The molecular formula is C15H30N4. The topological polar surface area (TPSA) is 44.9 Å². The fourth-order valence-electron chi connectivity index (χ4n) is 3.15. The van der Waals surface area contributed by atoms with Crippen molar-refractivity contribution in [2.24, 2.45) is 22.6 Å². The molecule has 0 aromatic heterocycles. The Kier molecular flexibility index (Phi) is 5.49. The zero-order valence-electron chi connectivity index (χ0n) is 12.6. The largest absolute Gasteiger partial charge is 0.370 e. The van der Waals surface area contributed by atoms with E-state index in [0.717, 1.165) is 31.5 Å². The van der Waals surface area contributed by atoms with Gasteiger partial charge in [-0.05, 0) is 50.6 Å². The molecule has 1 unspecified atom stereocenters. The van der Waals surface area contributed by atoms with Crippen molar-refractivity contribution in [2.75, 3.05) is 39.3 Å². The van der Waals surface area contributed by atoms with Crippen LogP contribution in [0.1, 0.15) is 39.5 Å². The third-order valence-electron chi connectivity index (χ3n) is 4.67. The Morgan fingerprint density at radius 1 is 1.21 bits per heavy atom. The fourth-order valence-corrected chi connectivity index (χ4v) is 3.15. The predicted octanol–water partition coefficient (Wildman–Crippen LogP) is 1.76. The van der Waals surface area contributed by atoms with E-state index in [-0.39, 0.29) is 0 Å². The number of hydrogen-bond acceptors (Lipinski definition) is 2. The van der Waals surface area contributed by atoms with Gasteiger partial charge in [0, 0.05) is 26.2 Å². The average Bonchev–Trinajstić information content (AvgIpc) is 2.46. The van der Waals surface area contributed by atoms with Crippen molar-refractivity contribution in [1.82, 2.24) is 9.80 Å². The van der Waals surface area contributed by atoms with Gasteiger partial charge in [0.2, 0.25) is 0 Å². The van der Waals surface area contributed by atoms with Crippen LogP contribution in [-0.4, -0.2) is 55.0 Å². The van der Waals surface area contributed by atoms with Crippen LogP contribution in [0.2, 0.25) is 0 Å². The number of nitrogens with zero attached hydrogens (tertiary/aromatic N) is 3. The number of likely N-dealkylation sites (tertiary alicyclic amines) is 2. The average molecular weight is 266 g/mol. The van der Waals surface area contributed by atoms with Crippen molar-refractivity contribution in [3.8, 4) is 0 Å². The summed E-state index contributed by atoms with van der Waals surface area (Å²) in [6.45, 7) is 11.3. The van der Waals surface area contributed by atoms with Crippen LogP contribution in [-0.2, 0) is 0 Å². The second-order valence-electron chi connectivity index (χ2n) is 6.27. The summed E-state index contributed by atoms with van der Waals surface area (Å²) in [7, 11) is 0. The molecule has 0 spiro atoms. The van der Waals surface area contributed by atoms with Gasteiger partial charge in [0.05, 0.1) is 0 Å². The Balaban J connectivity index is 1.77. The molecule has 2 heterocycles. The van der Waals surface area contributed by atoms with Gasteiger partial charge in [0.1, 0.15) is 0 Å². The van der Waals surface area contributed by atoms with Crippen LogP contribution in [0, 0.1) is 11.8 Å². The van der Waals surface area contributed by atoms with Gasteiger partial charge in [-0.2, -0.15) is 0 Å². The van der Waals surface area contributed by atoms with E-state index in [1.54, 1.807) is 0 Å². The molecule has 0 radical (unpaired) electrons. The zero-order chi connectivity index (χ0) is 13.7. The third kappa shape index (κ3) is 4.37. The normalized spacial score (nSPS) is 27.8. The minimum atomic E-state index is 0.705. The first-order valence-electron chi connectivity index (χ1n) is 7.96.